The number of anilines is 3. The van der Waals surface area contributed by atoms with Crippen LogP contribution in [-0.4, -0.2) is 60.9 Å². The molecular formula is C29H36F2N8O2. The quantitative estimate of drug-likeness (QED) is 0.396. The molecule has 218 valence electrons. The van der Waals surface area contributed by atoms with Crippen molar-refractivity contribution in [1.82, 2.24) is 25.6 Å². The number of aryl methyl sites for hydroxylation is 2. The zero-order valence-electron chi connectivity index (χ0n) is 24.2. The molecule has 3 N–H and O–H groups in total. The number of hydrogen-bond acceptors (Lipinski definition) is 8. The second-order valence-corrected chi connectivity index (χ2v) is 10.6. The van der Waals surface area contributed by atoms with E-state index in [9.17, 15) is 13.6 Å². The third-order valence-electron chi connectivity index (χ3n) is 7.70. The third kappa shape index (κ3) is 5.70. The number of halogens is 2. The number of amides is 1. The molecule has 0 unspecified atom stereocenters. The van der Waals surface area contributed by atoms with E-state index in [4.69, 9.17) is 4.74 Å². The molecule has 2 aliphatic rings. The van der Waals surface area contributed by atoms with Crippen LogP contribution in [0.1, 0.15) is 39.7 Å². The lowest BCUT2D eigenvalue weighted by molar-refractivity contribution is 0.0175. The number of benzene rings is 2. The number of carbonyl (C=O) groups excluding carboxylic acids is 1. The summed E-state index contributed by atoms with van der Waals surface area (Å²) in [7, 11) is 5.39. The molecule has 2 aromatic carbocycles. The molecule has 1 saturated heterocycles. The second kappa shape index (κ2) is 11.0. The maximum atomic E-state index is 14.6. The van der Waals surface area contributed by atoms with E-state index in [1.807, 2.05) is 45.1 Å². The number of ether oxygens (including phenoxy) is 1. The van der Waals surface area contributed by atoms with Gasteiger partial charge in [0.1, 0.15) is 0 Å². The first-order valence-corrected chi connectivity index (χ1v) is 13.4. The highest BCUT2D eigenvalue weighted by Crippen LogP contribution is 2.42. The van der Waals surface area contributed by atoms with Gasteiger partial charge in [-0.15, -0.1) is 5.53 Å². The van der Waals surface area contributed by atoms with Gasteiger partial charge in [-0.25, -0.2) is 8.78 Å². The van der Waals surface area contributed by atoms with Gasteiger partial charge in [-0.3, -0.25) is 14.5 Å². The number of hydrazine groups is 2. The van der Waals surface area contributed by atoms with E-state index in [-0.39, 0.29) is 11.3 Å². The van der Waals surface area contributed by atoms with Crippen molar-refractivity contribution in [3.05, 3.63) is 70.7 Å². The molecular weight excluding hydrogens is 530 g/mol. The fourth-order valence-electron chi connectivity index (χ4n) is 5.01. The van der Waals surface area contributed by atoms with Crippen LogP contribution in [-0.2, 0) is 13.0 Å². The van der Waals surface area contributed by atoms with Crippen molar-refractivity contribution in [3.8, 4) is 5.75 Å². The van der Waals surface area contributed by atoms with Crippen LogP contribution in [0.3, 0.4) is 0 Å². The third-order valence-corrected chi connectivity index (χ3v) is 7.70. The number of rotatable bonds is 7. The Kier molecular flexibility index (Phi) is 7.62. The molecule has 0 aliphatic carbocycles. The van der Waals surface area contributed by atoms with Crippen LogP contribution < -0.4 is 30.9 Å². The Hall–Kier alpha value is -4.16. The number of methoxy groups -OCH3 is 1. The lowest BCUT2D eigenvalue weighted by Gasteiger charge is -2.35. The monoisotopic (exact) mass is 566 g/mol. The zero-order chi connectivity index (χ0) is 29.5. The summed E-state index contributed by atoms with van der Waals surface area (Å²) < 4.78 is 36.7. The molecule has 2 aliphatic heterocycles. The van der Waals surface area contributed by atoms with Crippen molar-refractivity contribution < 1.29 is 18.3 Å². The van der Waals surface area contributed by atoms with E-state index in [1.54, 1.807) is 28.0 Å². The number of nitrogens with zero attached hydrogens (tertiary/aromatic N) is 5. The van der Waals surface area contributed by atoms with Gasteiger partial charge in [0, 0.05) is 68.7 Å². The number of nitrogens with one attached hydrogen (secondary N) is 3. The number of likely N-dealkylation sites (N-methyl/N-ethyl adjacent to an activating group) is 1. The standard InChI is InChI=1S/C29H36F2N8O2/c1-18-7-8-20(13-25(18)39-17-24(34-35-39)22-16-32-37(5)19(22)2)28(40)33-23-14-21(29(3,30)31)15-26(27(23)41-6)38-11-9-36(4)10-12-38/h7-8,13-17,34-35H,9-12H2,1-6H3,(H,33,40). The van der Waals surface area contributed by atoms with Gasteiger partial charge in [0.05, 0.1) is 36.1 Å². The average Bonchev–Trinajstić information content (AvgIpc) is 3.54. The van der Waals surface area contributed by atoms with Crippen LogP contribution in [0, 0.1) is 13.8 Å². The zero-order valence-corrected chi connectivity index (χ0v) is 24.2. The summed E-state index contributed by atoms with van der Waals surface area (Å²) in [5.74, 6) is -3.19. The van der Waals surface area contributed by atoms with Crippen LogP contribution in [0.4, 0.5) is 25.8 Å². The average molecular weight is 567 g/mol. The first kappa shape index (κ1) is 28.4. The fourth-order valence-corrected chi connectivity index (χ4v) is 5.01. The van der Waals surface area contributed by atoms with E-state index in [0.717, 1.165) is 48.2 Å². The van der Waals surface area contributed by atoms with E-state index in [1.165, 1.54) is 19.2 Å². The summed E-state index contributed by atoms with van der Waals surface area (Å²) in [6, 6.07) is 8.06. The molecule has 1 aromatic heterocycles. The highest BCUT2D eigenvalue weighted by molar-refractivity contribution is 6.06. The number of hydrogen-bond donors (Lipinski definition) is 3. The van der Waals surface area contributed by atoms with Crippen molar-refractivity contribution in [2.24, 2.45) is 7.05 Å². The van der Waals surface area contributed by atoms with Crippen LogP contribution in [0.2, 0.25) is 0 Å². The van der Waals surface area contributed by atoms with Crippen molar-refractivity contribution in [3.63, 3.8) is 0 Å². The van der Waals surface area contributed by atoms with E-state index < -0.39 is 11.8 Å². The fraction of sp³-hybridized carbons (Fsp3) is 0.379. The predicted octanol–water partition coefficient (Wildman–Crippen LogP) is 3.99. The summed E-state index contributed by atoms with van der Waals surface area (Å²) in [5.41, 5.74) is 11.6. The minimum Gasteiger partial charge on any atom is -0.492 e. The van der Waals surface area contributed by atoms with E-state index in [0.29, 0.717) is 30.1 Å². The topological polar surface area (TPSA) is 89.9 Å². The Morgan fingerprint density at radius 3 is 2.44 bits per heavy atom. The highest BCUT2D eigenvalue weighted by atomic mass is 19.3. The summed E-state index contributed by atoms with van der Waals surface area (Å²) in [5, 5.41) is 8.94. The van der Waals surface area contributed by atoms with Crippen LogP contribution in [0.25, 0.3) is 5.70 Å². The molecule has 1 fully saturated rings. The first-order chi connectivity index (χ1) is 19.5. The molecule has 3 aromatic rings. The lowest BCUT2D eigenvalue weighted by Crippen LogP contribution is -2.44. The van der Waals surface area contributed by atoms with Crippen molar-refractivity contribution in [1.29, 1.82) is 0 Å². The van der Waals surface area contributed by atoms with E-state index in [2.05, 4.69) is 26.3 Å². The Bertz CT molecular complexity index is 1490. The summed E-state index contributed by atoms with van der Waals surface area (Å²) in [6.07, 6.45) is 3.68. The highest BCUT2D eigenvalue weighted by Gasteiger charge is 2.30. The molecule has 1 amide bonds. The molecule has 5 rings (SSSR count). The van der Waals surface area contributed by atoms with Crippen LogP contribution in [0.5, 0.6) is 5.75 Å². The molecule has 0 spiro atoms. The Balaban J connectivity index is 1.45. The minimum atomic E-state index is -3.10. The Morgan fingerprint density at radius 1 is 1.07 bits per heavy atom. The maximum absolute atomic E-state index is 14.6. The summed E-state index contributed by atoms with van der Waals surface area (Å²) >= 11 is 0. The minimum absolute atomic E-state index is 0.192. The molecule has 0 radical (unpaired) electrons. The Labute approximate surface area is 238 Å². The van der Waals surface area contributed by atoms with Gasteiger partial charge in [0.2, 0.25) is 0 Å². The normalized spacial score (nSPS) is 16.0. The van der Waals surface area contributed by atoms with Crippen LogP contribution >= 0.6 is 0 Å². The molecule has 0 atom stereocenters. The predicted molar refractivity (Wildman–Crippen MR) is 156 cm³/mol. The van der Waals surface area contributed by atoms with Gasteiger partial charge in [-0.2, -0.15) is 5.10 Å². The largest absolute Gasteiger partial charge is 0.492 e. The van der Waals surface area contributed by atoms with Gasteiger partial charge in [-0.05, 0) is 50.7 Å². The van der Waals surface area contributed by atoms with Crippen LogP contribution in [0.15, 0.2) is 42.7 Å². The molecule has 0 bridgehead atoms. The number of carbonyl (C=O) groups is 1. The summed E-state index contributed by atoms with van der Waals surface area (Å²) in [6.45, 7) is 7.68. The Morgan fingerprint density at radius 2 is 1.80 bits per heavy atom. The van der Waals surface area contributed by atoms with Crippen molar-refractivity contribution in [2.75, 3.05) is 55.6 Å². The maximum Gasteiger partial charge on any atom is 0.270 e. The molecule has 10 nitrogen and oxygen atoms in total. The molecule has 12 heteroatoms. The molecule has 41 heavy (non-hydrogen) atoms. The smallest absolute Gasteiger partial charge is 0.270 e. The first-order valence-electron chi connectivity index (χ1n) is 13.4. The molecule has 0 saturated carbocycles. The van der Waals surface area contributed by atoms with Gasteiger partial charge in [-0.1, -0.05) is 6.07 Å². The van der Waals surface area contributed by atoms with Gasteiger partial charge in [0.25, 0.3) is 11.8 Å². The summed E-state index contributed by atoms with van der Waals surface area (Å²) in [4.78, 5) is 17.7. The van der Waals surface area contributed by atoms with Gasteiger partial charge in [0.15, 0.2) is 5.75 Å². The second-order valence-electron chi connectivity index (χ2n) is 10.6. The lowest BCUT2D eigenvalue weighted by atomic mass is 10.0. The van der Waals surface area contributed by atoms with Crippen molar-refractivity contribution in [2.45, 2.75) is 26.7 Å². The number of aromatic nitrogens is 2. The van der Waals surface area contributed by atoms with Gasteiger partial charge < -0.3 is 25.3 Å². The van der Waals surface area contributed by atoms with Crippen molar-refractivity contribution >= 4 is 28.7 Å². The van der Waals surface area contributed by atoms with E-state index >= 15 is 0 Å². The number of piperazine rings is 1. The molecule has 3 heterocycles. The van der Waals surface area contributed by atoms with Gasteiger partial charge >= 0.3 is 0 Å². The number of alkyl halides is 2. The SMILES string of the molecule is COc1c(NC(=O)c2ccc(C)c(N3C=C(c4cnn(C)c4C)NN3)c2)cc(C(C)(F)F)cc1N1CCN(C)CC1.